The van der Waals surface area contributed by atoms with Crippen LogP contribution in [-0.2, 0) is 11.3 Å². The van der Waals surface area contributed by atoms with Gasteiger partial charge in [-0.05, 0) is 35.5 Å². The Balaban J connectivity index is 1.72. The Bertz CT molecular complexity index is 793. The fraction of sp³-hybridized carbons (Fsp3) is 0.389. The molecule has 8 heteroatoms. The summed E-state index contributed by atoms with van der Waals surface area (Å²) in [4.78, 5) is 20.4. The number of ether oxygens (including phenoxy) is 1. The lowest BCUT2D eigenvalue weighted by Gasteiger charge is -2.12. The molecule has 0 amide bonds. The predicted molar refractivity (Wildman–Crippen MR) is 95.5 cm³/mol. The Hall–Kier alpha value is -2.29. The van der Waals surface area contributed by atoms with Crippen LogP contribution in [0.2, 0.25) is 0 Å². The number of nitrogens with zero attached hydrogens (tertiary/aromatic N) is 2. The lowest BCUT2D eigenvalue weighted by atomic mass is 9.76. The molecule has 0 unspecified atom stereocenters. The molecule has 0 aliphatic carbocycles. The molecule has 2 N–H and O–H groups in total. The van der Waals surface area contributed by atoms with Gasteiger partial charge in [-0.1, -0.05) is 19.4 Å². The first-order valence-corrected chi connectivity index (χ1v) is 8.59. The second-order valence-electron chi connectivity index (χ2n) is 6.35. The zero-order valence-electron chi connectivity index (χ0n) is 14.8. The number of aliphatic hydroxyl groups excluding tert-OH is 1. The molecular weight excluding hydrogens is 335 g/mol. The topological polar surface area (TPSA) is 102 Å². The van der Waals surface area contributed by atoms with Gasteiger partial charge in [0.15, 0.2) is 5.78 Å². The molecule has 0 bridgehead atoms. The highest BCUT2D eigenvalue weighted by Crippen LogP contribution is 2.25. The third-order valence-corrected chi connectivity index (χ3v) is 4.64. The molecule has 0 saturated carbocycles. The number of Topliss-reactive ketones (excluding diaryl/α,β-unsaturated/α-hetero) is 1. The van der Waals surface area contributed by atoms with Crippen molar-refractivity contribution in [1.82, 2.24) is 9.97 Å². The number of hydrogen-bond acceptors (Lipinski definition) is 7. The Kier molecular flexibility index (Phi) is 5.66. The average Bonchev–Trinajstić information content (AvgIpc) is 3.04. The van der Waals surface area contributed by atoms with Crippen molar-refractivity contribution in [3.05, 3.63) is 41.3 Å². The minimum absolute atomic E-state index is 0.0238. The summed E-state index contributed by atoms with van der Waals surface area (Å²) >= 11 is 0. The minimum atomic E-state index is -0.947. The third kappa shape index (κ3) is 3.77. The molecule has 1 aliphatic rings. The molecule has 0 spiro atoms. The van der Waals surface area contributed by atoms with Gasteiger partial charge in [0.1, 0.15) is 11.4 Å². The largest absolute Gasteiger partial charge is 0.492 e. The molecule has 2 aromatic rings. The van der Waals surface area contributed by atoms with Crippen LogP contribution in [0.4, 0.5) is 0 Å². The molecule has 0 radical (unpaired) electrons. The average molecular weight is 356 g/mol. The van der Waals surface area contributed by atoms with Crippen molar-refractivity contribution in [2.75, 3.05) is 6.61 Å². The number of carbonyl (C=O) groups excluding carboxylic acids is 1. The quantitative estimate of drug-likeness (QED) is 0.571. The van der Waals surface area contributed by atoms with Crippen LogP contribution in [0.3, 0.4) is 0 Å². The van der Waals surface area contributed by atoms with E-state index >= 15 is 0 Å². The molecule has 7 nitrogen and oxygen atoms in total. The number of rotatable bonds is 7. The normalized spacial score (nSPS) is 14.2. The standard InChI is InChI=1S/C18H21BN2O5/c1-3-12(9-22)6-15(23)14-7-21-17(8-20-14)26-16-5-4-13-10-25-19(24)18(13)11(16)2/h4-5,7-8,12,22,24H,3,6,9-10H2,1-2H3/t12-/m0/s1. The molecular formula is C18H21BN2O5. The smallest absolute Gasteiger partial charge is 0.437 e. The van der Waals surface area contributed by atoms with Crippen molar-refractivity contribution in [3.63, 3.8) is 0 Å². The first-order valence-electron chi connectivity index (χ1n) is 8.59. The highest BCUT2D eigenvalue weighted by Gasteiger charge is 2.30. The summed E-state index contributed by atoms with van der Waals surface area (Å²) in [6, 6.07) is 3.64. The second-order valence-corrected chi connectivity index (χ2v) is 6.35. The number of ketones is 1. The van der Waals surface area contributed by atoms with E-state index in [1.807, 2.05) is 19.9 Å². The Labute approximate surface area is 152 Å². The van der Waals surface area contributed by atoms with Crippen LogP contribution in [0.1, 0.15) is 41.4 Å². The maximum absolute atomic E-state index is 12.2. The molecule has 1 aliphatic heterocycles. The summed E-state index contributed by atoms with van der Waals surface area (Å²) in [5.41, 5.74) is 2.68. The zero-order valence-corrected chi connectivity index (χ0v) is 14.8. The van der Waals surface area contributed by atoms with E-state index < -0.39 is 7.12 Å². The predicted octanol–water partition coefficient (Wildman–Crippen LogP) is 1.39. The van der Waals surface area contributed by atoms with Gasteiger partial charge >= 0.3 is 7.12 Å². The van der Waals surface area contributed by atoms with Crippen LogP contribution >= 0.6 is 0 Å². The van der Waals surface area contributed by atoms with Gasteiger partial charge in [0.05, 0.1) is 19.0 Å². The molecule has 1 aromatic carbocycles. The monoisotopic (exact) mass is 356 g/mol. The summed E-state index contributed by atoms with van der Waals surface area (Å²) in [5.74, 6) is 0.585. The molecule has 1 atom stereocenters. The Morgan fingerprint density at radius 2 is 2.19 bits per heavy atom. The summed E-state index contributed by atoms with van der Waals surface area (Å²) in [6.45, 7) is 4.12. The first-order chi connectivity index (χ1) is 12.5. The van der Waals surface area contributed by atoms with Crippen molar-refractivity contribution >= 4 is 18.4 Å². The van der Waals surface area contributed by atoms with E-state index in [1.165, 1.54) is 12.4 Å². The van der Waals surface area contributed by atoms with Crippen LogP contribution < -0.4 is 10.2 Å². The summed E-state index contributed by atoms with van der Waals surface area (Å²) < 4.78 is 11.0. The number of fused-ring (bicyclic) bond motifs is 1. The van der Waals surface area contributed by atoms with E-state index in [1.54, 1.807) is 6.07 Å². The highest BCUT2D eigenvalue weighted by atomic mass is 16.5. The maximum atomic E-state index is 12.2. The fourth-order valence-electron chi connectivity index (χ4n) is 2.93. The molecule has 2 heterocycles. The summed E-state index contributed by atoms with van der Waals surface area (Å²) in [6.07, 6.45) is 3.74. The van der Waals surface area contributed by atoms with Crippen molar-refractivity contribution < 1.29 is 24.3 Å². The molecule has 0 fully saturated rings. The maximum Gasteiger partial charge on any atom is 0.492 e. The van der Waals surface area contributed by atoms with E-state index in [0.717, 1.165) is 23.0 Å². The van der Waals surface area contributed by atoms with Crippen molar-refractivity contribution in [2.24, 2.45) is 5.92 Å². The Morgan fingerprint density at radius 1 is 1.38 bits per heavy atom. The van der Waals surface area contributed by atoms with Gasteiger partial charge in [0, 0.05) is 13.0 Å². The van der Waals surface area contributed by atoms with Gasteiger partial charge in [-0.2, -0.15) is 0 Å². The minimum Gasteiger partial charge on any atom is -0.437 e. The van der Waals surface area contributed by atoms with Gasteiger partial charge < -0.3 is 19.5 Å². The number of aliphatic hydroxyl groups is 1. The molecule has 136 valence electrons. The van der Waals surface area contributed by atoms with Crippen LogP contribution in [-0.4, -0.2) is 39.6 Å². The molecule has 0 saturated heterocycles. The van der Waals surface area contributed by atoms with Crippen molar-refractivity contribution in [1.29, 1.82) is 0 Å². The van der Waals surface area contributed by atoms with Gasteiger partial charge in [-0.3, -0.25) is 4.79 Å². The fourth-order valence-corrected chi connectivity index (χ4v) is 2.93. The SMILES string of the molecule is CC[C@H](CO)CC(=O)c1cnc(Oc2ccc3c(c2C)B(O)OC3)cn1. The lowest BCUT2D eigenvalue weighted by molar-refractivity contribution is 0.0928. The molecule has 1 aromatic heterocycles. The van der Waals surface area contributed by atoms with Crippen LogP contribution in [0.5, 0.6) is 11.6 Å². The number of benzene rings is 1. The van der Waals surface area contributed by atoms with E-state index in [4.69, 9.17) is 9.39 Å². The Morgan fingerprint density at radius 3 is 2.85 bits per heavy atom. The van der Waals surface area contributed by atoms with Gasteiger partial charge in [-0.25, -0.2) is 9.97 Å². The van der Waals surface area contributed by atoms with E-state index in [2.05, 4.69) is 9.97 Å². The third-order valence-electron chi connectivity index (χ3n) is 4.64. The van der Waals surface area contributed by atoms with Gasteiger partial charge in [0.2, 0.25) is 5.88 Å². The molecule has 3 rings (SSSR count). The van der Waals surface area contributed by atoms with E-state index in [9.17, 15) is 14.9 Å². The van der Waals surface area contributed by atoms with Crippen molar-refractivity contribution in [2.45, 2.75) is 33.3 Å². The molecule has 26 heavy (non-hydrogen) atoms. The number of hydrogen-bond donors (Lipinski definition) is 2. The van der Waals surface area contributed by atoms with E-state index in [-0.39, 0.29) is 36.3 Å². The number of aromatic nitrogens is 2. The van der Waals surface area contributed by atoms with Crippen LogP contribution in [0.15, 0.2) is 24.5 Å². The summed E-state index contributed by atoms with van der Waals surface area (Å²) in [7, 11) is -0.947. The second kappa shape index (κ2) is 7.95. The van der Waals surface area contributed by atoms with Gasteiger partial charge in [0.25, 0.3) is 0 Å². The van der Waals surface area contributed by atoms with E-state index in [0.29, 0.717) is 12.4 Å². The highest BCUT2D eigenvalue weighted by molar-refractivity contribution is 6.62. The van der Waals surface area contributed by atoms with Gasteiger partial charge in [-0.15, -0.1) is 0 Å². The van der Waals surface area contributed by atoms with Crippen molar-refractivity contribution in [3.8, 4) is 11.6 Å². The zero-order chi connectivity index (χ0) is 18.7. The van der Waals surface area contributed by atoms with Crippen LogP contribution in [0.25, 0.3) is 0 Å². The lowest BCUT2D eigenvalue weighted by Crippen LogP contribution is -2.30. The van der Waals surface area contributed by atoms with Crippen LogP contribution in [0, 0.1) is 12.8 Å². The first kappa shape index (κ1) is 18.5. The number of carbonyl (C=O) groups is 1. The summed E-state index contributed by atoms with van der Waals surface area (Å²) in [5, 5.41) is 19.1.